The molecule has 0 aromatic carbocycles. The van der Waals surface area contributed by atoms with Gasteiger partial charge >= 0.3 is 0 Å². The van der Waals surface area contributed by atoms with Gasteiger partial charge in [0.25, 0.3) is 7.63 Å². The molecule has 1 aliphatic heterocycles. The lowest BCUT2D eigenvalue weighted by Crippen LogP contribution is -2.57. The second-order valence-corrected chi connectivity index (χ2v) is 12.0. The van der Waals surface area contributed by atoms with Crippen molar-refractivity contribution in [2.45, 2.75) is 42.3 Å². The Morgan fingerprint density at radius 2 is 1.92 bits per heavy atom. The average molecular weight is 353 g/mol. The summed E-state index contributed by atoms with van der Waals surface area (Å²) < 4.78 is 6.29. The van der Waals surface area contributed by atoms with Crippen LogP contribution >= 0.6 is 45.3 Å². The first-order chi connectivity index (χ1) is 5.58. The van der Waals surface area contributed by atoms with Gasteiger partial charge in [-0.1, -0.05) is 48.0 Å². The molecule has 5 heteroatoms. The minimum absolute atomic E-state index is 0.0312. The average Bonchev–Trinajstić information content (AvgIpc) is 1.80. The van der Waals surface area contributed by atoms with E-state index in [9.17, 15) is 0 Å². The molecule has 0 saturated carbocycles. The van der Waals surface area contributed by atoms with Crippen LogP contribution in [-0.2, 0) is 4.43 Å². The highest BCUT2D eigenvalue weighted by Gasteiger charge is 2.55. The second-order valence-electron chi connectivity index (χ2n) is 4.51. The van der Waals surface area contributed by atoms with Gasteiger partial charge in [0.15, 0.2) is 0 Å². The van der Waals surface area contributed by atoms with Crippen LogP contribution < -0.4 is 0 Å². The van der Waals surface area contributed by atoms with Crippen LogP contribution in [-0.4, -0.2) is 16.6 Å². The van der Waals surface area contributed by atoms with E-state index in [2.05, 4.69) is 36.4 Å². The maximum atomic E-state index is 6.37. The van der Waals surface area contributed by atoms with Crippen LogP contribution in [0.4, 0.5) is 0 Å². The van der Waals surface area contributed by atoms with Crippen LogP contribution in [0.15, 0.2) is 0 Å². The number of hydrogen-bond acceptors (Lipinski definition) is 1. The summed E-state index contributed by atoms with van der Waals surface area (Å²) in [7, 11) is -2.05. The highest BCUT2D eigenvalue weighted by atomic mass is 127. The molecule has 1 fully saturated rings. The molecule has 0 aromatic heterocycles. The van der Waals surface area contributed by atoms with E-state index in [0.29, 0.717) is 3.92 Å². The summed E-state index contributed by atoms with van der Waals surface area (Å²) in [5, 5.41) is -0.625. The SMILES string of the molecule is CC1(Cl)O[Si](C)(Cl)CC(I)C1(C)C. The smallest absolute Gasteiger partial charge is 0.289 e. The summed E-state index contributed by atoms with van der Waals surface area (Å²) in [6.45, 7) is 8.21. The molecule has 1 heterocycles. The zero-order valence-corrected chi connectivity index (χ0v) is 13.0. The Kier molecular flexibility index (Phi) is 3.39. The van der Waals surface area contributed by atoms with Crippen molar-refractivity contribution in [1.82, 2.24) is 0 Å². The van der Waals surface area contributed by atoms with E-state index in [1.165, 1.54) is 0 Å². The van der Waals surface area contributed by atoms with Crippen molar-refractivity contribution in [3.8, 4) is 0 Å². The fraction of sp³-hybridized carbons (Fsp3) is 1.00. The molecular weight excluding hydrogens is 338 g/mol. The summed E-state index contributed by atoms with van der Waals surface area (Å²) in [6.07, 6.45) is 0. The Bertz CT molecular complexity index is 218. The fourth-order valence-corrected chi connectivity index (χ4v) is 9.49. The van der Waals surface area contributed by atoms with Gasteiger partial charge in [-0.05, 0) is 19.5 Å². The first-order valence-electron chi connectivity index (χ1n) is 4.30. The van der Waals surface area contributed by atoms with Crippen molar-refractivity contribution in [2.24, 2.45) is 5.41 Å². The lowest BCUT2D eigenvalue weighted by molar-refractivity contribution is 0.0291. The Morgan fingerprint density at radius 1 is 1.46 bits per heavy atom. The van der Waals surface area contributed by atoms with E-state index in [4.69, 9.17) is 27.1 Å². The molecule has 0 radical (unpaired) electrons. The first kappa shape index (κ1) is 12.6. The summed E-state index contributed by atoms with van der Waals surface area (Å²) in [4.78, 5) is 0. The van der Waals surface area contributed by atoms with Crippen LogP contribution in [0.25, 0.3) is 0 Å². The largest absolute Gasteiger partial charge is 0.384 e. The molecule has 1 nitrogen and oxygen atoms in total. The van der Waals surface area contributed by atoms with E-state index < -0.39 is 12.7 Å². The molecule has 1 saturated heterocycles. The summed E-state index contributed by atoms with van der Waals surface area (Å²) >= 11 is 15.1. The van der Waals surface area contributed by atoms with Crippen molar-refractivity contribution in [3.63, 3.8) is 0 Å². The number of hydrogen-bond donors (Lipinski definition) is 0. The standard InChI is InChI=1S/C8H15Cl2IOSi/c1-7(2)6(11)5-13(4,10)12-8(7,3)9/h6H,5H2,1-4H3. The van der Waals surface area contributed by atoms with Crippen LogP contribution in [0.3, 0.4) is 0 Å². The fourth-order valence-electron chi connectivity index (χ4n) is 1.43. The lowest BCUT2D eigenvalue weighted by Gasteiger charge is -2.51. The number of rotatable bonds is 0. The van der Waals surface area contributed by atoms with Crippen LogP contribution in [0, 0.1) is 5.41 Å². The van der Waals surface area contributed by atoms with Crippen LogP contribution in [0.2, 0.25) is 12.6 Å². The highest BCUT2D eigenvalue weighted by Crippen LogP contribution is 2.52. The van der Waals surface area contributed by atoms with E-state index in [-0.39, 0.29) is 5.41 Å². The molecule has 0 amide bonds. The van der Waals surface area contributed by atoms with Crippen molar-refractivity contribution in [1.29, 1.82) is 0 Å². The zero-order chi connectivity index (χ0) is 10.5. The highest BCUT2D eigenvalue weighted by molar-refractivity contribution is 14.1. The van der Waals surface area contributed by atoms with Gasteiger partial charge in [-0.25, -0.2) is 0 Å². The second kappa shape index (κ2) is 3.51. The van der Waals surface area contributed by atoms with Crippen molar-refractivity contribution < 1.29 is 4.43 Å². The van der Waals surface area contributed by atoms with E-state index in [0.717, 1.165) is 6.04 Å². The Labute approximate surface area is 104 Å². The van der Waals surface area contributed by atoms with E-state index in [1.54, 1.807) is 0 Å². The quantitative estimate of drug-likeness (QED) is 0.276. The van der Waals surface area contributed by atoms with Gasteiger partial charge in [-0.3, -0.25) is 0 Å². The van der Waals surface area contributed by atoms with Gasteiger partial charge in [-0.15, -0.1) is 11.1 Å². The number of halogens is 3. The Balaban J connectivity index is 2.96. The summed E-state index contributed by atoms with van der Waals surface area (Å²) in [6, 6.07) is 0.963. The monoisotopic (exact) mass is 352 g/mol. The molecule has 0 aliphatic carbocycles. The van der Waals surface area contributed by atoms with Gasteiger partial charge in [0.05, 0.1) is 0 Å². The maximum Gasteiger partial charge on any atom is 0.289 e. The number of alkyl halides is 2. The van der Waals surface area contributed by atoms with Crippen LogP contribution in [0.5, 0.6) is 0 Å². The molecule has 3 unspecified atom stereocenters. The molecule has 3 atom stereocenters. The topological polar surface area (TPSA) is 9.23 Å². The van der Waals surface area contributed by atoms with E-state index in [1.807, 2.05) is 13.5 Å². The zero-order valence-electron chi connectivity index (χ0n) is 8.33. The summed E-state index contributed by atoms with van der Waals surface area (Å²) in [5.74, 6) is 0. The third-order valence-corrected chi connectivity index (χ3v) is 9.07. The molecular formula is C8H15Cl2IOSi. The Hall–Kier alpha value is 1.49. The molecule has 0 bridgehead atoms. The van der Waals surface area contributed by atoms with Gasteiger partial charge < -0.3 is 4.43 Å². The normalized spacial score (nSPS) is 50.5. The summed E-state index contributed by atoms with van der Waals surface area (Å²) in [5.41, 5.74) is -0.0312. The predicted octanol–water partition coefficient (Wildman–Crippen LogP) is 4.11. The Morgan fingerprint density at radius 3 is 2.31 bits per heavy atom. The predicted molar refractivity (Wildman–Crippen MR) is 69.2 cm³/mol. The minimum Gasteiger partial charge on any atom is -0.384 e. The van der Waals surface area contributed by atoms with Crippen molar-refractivity contribution in [3.05, 3.63) is 0 Å². The molecule has 1 rings (SSSR count). The molecule has 0 aromatic rings. The van der Waals surface area contributed by atoms with Gasteiger partial charge in [0.1, 0.15) is 5.06 Å². The third kappa shape index (κ3) is 2.36. The molecule has 1 aliphatic rings. The van der Waals surface area contributed by atoms with Crippen LogP contribution in [0.1, 0.15) is 20.8 Å². The molecule has 78 valence electrons. The van der Waals surface area contributed by atoms with E-state index >= 15 is 0 Å². The minimum atomic E-state index is -2.05. The molecule has 13 heavy (non-hydrogen) atoms. The van der Waals surface area contributed by atoms with Crippen molar-refractivity contribution in [2.75, 3.05) is 0 Å². The lowest BCUT2D eigenvalue weighted by atomic mass is 9.84. The van der Waals surface area contributed by atoms with Crippen molar-refractivity contribution >= 4 is 52.9 Å². The molecule has 0 spiro atoms. The van der Waals surface area contributed by atoms with Gasteiger partial charge in [0.2, 0.25) is 0 Å². The van der Waals surface area contributed by atoms with Gasteiger partial charge in [-0.2, -0.15) is 0 Å². The van der Waals surface area contributed by atoms with Gasteiger partial charge in [0, 0.05) is 9.34 Å². The molecule has 0 N–H and O–H groups in total. The first-order valence-corrected chi connectivity index (χ1v) is 9.56. The third-order valence-electron chi connectivity index (χ3n) is 2.88. The maximum absolute atomic E-state index is 6.37.